The third-order valence-electron chi connectivity index (χ3n) is 3.27. The molecule has 5 nitrogen and oxygen atoms in total. The second-order valence-electron chi connectivity index (χ2n) is 6.34. The third kappa shape index (κ3) is 7.68. The largest absolute Gasteiger partial charge is 0.492 e. The Morgan fingerprint density at radius 1 is 1.09 bits per heavy atom. The van der Waals surface area contributed by atoms with Gasteiger partial charge in [0.05, 0.1) is 6.54 Å². The zero-order valence-corrected chi connectivity index (χ0v) is 14.5. The molecule has 1 aromatic rings. The molecule has 0 spiro atoms. The lowest BCUT2D eigenvalue weighted by molar-refractivity contribution is -0.130. The van der Waals surface area contributed by atoms with Gasteiger partial charge in [-0.2, -0.15) is 0 Å². The van der Waals surface area contributed by atoms with E-state index in [2.05, 4.69) is 10.6 Å². The van der Waals surface area contributed by atoms with Crippen molar-refractivity contribution in [1.29, 1.82) is 0 Å². The number of rotatable bonds is 9. The molecule has 0 saturated carbocycles. The van der Waals surface area contributed by atoms with Crippen LogP contribution in [0.2, 0.25) is 0 Å². The van der Waals surface area contributed by atoms with Crippen LogP contribution in [0.5, 0.6) is 5.75 Å². The quantitative estimate of drug-likeness (QED) is 0.686. The Hall–Kier alpha value is -2.04. The highest BCUT2D eigenvalue weighted by Crippen LogP contribution is 2.08. The summed E-state index contributed by atoms with van der Waals surface area (Å²) in [5, 5.41) is 5.63. The maximum Gasteiger partial charge on any atom is 0.242 e. The molecule has 2 N–H and O–H groups in total. The molecule has 23 heavy (non-hydrogen) atoms. The van der Waals surface area contributed by atoms with E-state index in [1.165, 1.54) is 0 Å². The first-order valence-electron chi connectivity index (χ1n) is 8.15. The molecule has 1 unspecified atom stereocenters. The summed E-state index contributed by atoms with van der Waals surface area (Å²) in [7, 11) is 0. The number of nitrogens with one attached hydrogen (secondary N) is 2. The molecule has 1 aromatic carbocycles. The maximum absolute atomic E-state index is 12.2. The molecular formula is C18H28N2O3. The first kappa shape index (κ1) is 19.0. The van der Waals surface area contributed by atoms with Crippen LogP contribution in [0, 0.1) is 11.8 Å². The first-order chi connectivity index (χ1) is 10.9. The zero-order chi connectivity index (χ0) is 17.2. The van der Waals surface area contributed by atoms with Gasteiger partial charge < -0.3 is 15.4 Å². The average molecular weight is 320 g/mol. The van der Waals surface area contributed by atoms with Gasteiger partial charge in [0.2, 0.25) is 11.8 Å². The molecule has 0 heterocycles. The van der Waals surface area contributed by atoms with Gasteiger partial charge in [0.15, 0.2) is 0 Å². The standard InChI is InChI=1S/C18H28N2O3/c1-13(2)12-16(21)20-17(14(3)4)18(22)19-10-11-23-15-8-6-5-7-9-15/h5-9,13-14,17H,10-12H2,1-4H3,(H,19,22)(H,20,21). The van der Waals surface area contributed by atoms with Gasteiger partial charge in [-0.15, -0.1) is 0 Å². The molecule has 1 rings (SSSR count). The predicted octanol–water partition coefficient (Wildman–Crippen LogP) is 2.37. The van der Waals surface area contributed by atoms with E-state index in [4.69, 9.17) is 4.74 Å². The molecule has 0 radical (unpaired) electrons. The van der Waals surface area contributed by atoms with Crippen molar-refractivity contribution in [1.82, 2.24) is 10.6 Å². The van der Waals surface area contributed by atoms with Gasteiger partial charge in [0.25, 0.3) is 0 Å². The van der Waals surface area contributed by atoms with E-state index in [0.717, 1.165) is 5.75 Å². The Labute approximate surface area is 138 Å². The van der Waals surface area contributed by atoms with Gasteiger partial charge >= 0.3 is 0 Å². The number of benzene rings is 1. The molecule has 0 aliphatic heterocycles. The van der Waals surface area contributed by atoms with E-state index in [9.17, 15) is 9.59 Å². The molecule has 0 saturated heterocycles. The summed E-state index contributed by atoms with van der Waals surface area (Å²) in [5.41, 5.74) is 0. The number of hydrogen-bond donors (Lipinski definition) is 2. The number of para-hydroxylation sites is 1. The minimum atomic E-state index is -0.516. The SMILES string of the molecule is CC(C)CC(=O)NC(C(=O)NCCOc1ccccc1)C(C)C. The summed E-state index contributed by atoms with van der Waals surface area (Å²) in [6, 6.07) is 8.93. The van der Waals surface area contributed by atoms with Crippen LogP contribution in [-0.2, 0) is 9.59 Å². The Bertz CT molecular complexity index is 486. The van der Waals surface area contributed by atoms with E-state index in [1.807, 2.05) is 58.0 Å². The molecule has 0 bridgehead atoms. The Morgan fingerprint density at radius 2 is 1.74 bits per heavy atom. The fourth-order valence-corrected chi connectivity index (χ4v) is 2.11. The van der Waals surface area contributed by atoms with Gasteiger partial charge in [-0.25, -0.2) is 0 Å². The fraction of sp³-hybridized carbons (Fsp3) is 0.556. The summed E-state index contributed by atoms with van der Waals surface area (Å²) >= 11 is 0. The van der Waals surface area contributed by atoms with Crippen molar-refractivity contribution in [3.63, 3.8) is 0 Å². The molecule has 0 aliphatic carbocycles. The summed E-state index contributed by atoms with van der Waals surface area (Å²) in [4.78, 5) is 24.1. The van der Waals surface area contributed by atoms with Crippen molar-refractivity contribution in [3.05, 3.63) is 30.3 Å². The highest BCUT2D eigenvalue weighted by molar-refractivity contribution is 5.87. The lowest BCUT2D eigenvalue weighted by Crippen LogP contribution is -2.50. The lowest BCUT2D eigenvalue weighted by atomic mass is 10.0. The second kappa shape index (κ2) is 9.87. The van der Waals surface area contributed by atoms with Crippen molar-refractivity contribution in [2.45, 2.75) is 40.2 Å². The highest BCUT2D eigenvalue weighted by Gasteiger charge is 2.23. The molecule has 5 heteroatoms. The number of carbonyl (C=O) groups excluding carboxylic acids is 2. The molecule has 1 atom stereocenters. The Morgan fingerprint density at radius 3 is 2.30 bits per heavy atom. The van der Waals surface area contributed by atoms with Crippen molar-refractivity contribution >= 4 is 11.8 Å². The van der Waals surface area contributed by atoms with Crippen LogP contribution in [0.25, 0.3) is 0 Å². The zero-order valence-electron chi connectivity index (χ0n) is 14.5. The van der Waals surface area contributed by atoms with Crippen LogP contribution in [-0.4, -0.2) is 31.0 Å². The monoisotopic (exact) mass is 320 g/mol. The minimum Gasteiger partial charge on any atom is -0.492 e. The topological polar surface area (TPSA) is 67.4 Å². The summed E-state index contributed by atoms with van der Waals surface area (Å²) < 4.78 is 5.53. The smallest absolute Gasteiger partial charge is 0.242 e. The third-order valence-corrected chi connectivity index (χ3v) is 3.27. The second-order valence-corrected chi connectivity index (χ2v) is 6.34. The lowest BCUT2D eigenvalue weighted by Gasteiger charge is -2.22. The van der Waals surface area contributed by atoms with E-state index in [0.29, 0.717) is 19.6 Å². The van der Waals surface area contributed by atoms with Gasteiger partial charge in [-0.3, -0.25) is 9.59 Å². The van der Waals surface area contributed by atoms with Gasteiger partial charge in [0.1, 0.15) is 18.4 Å². The van der Waals surface area contributed by atoms with E-state index < -0.39 is 6.04 Å². The van der Waals surface area contributed by atoms with Crippen LogP contribution in [0.15, 0.2) is 30.3 Å². The summed E-state index contributed by atoms with van der Waals surface area (Å²) in [6.07, 6.45) is 0.424. The summed E-state index contributed by atoms with van der Waals surface area (Å²) in [5.74, 6) is 0.807. The summed E-state index contributed by atoms with van der Waals surface area (Å²) in [6.45, 7) is 8.58. The Balaban J connectivity index is 2.38. The Kier molecular flexibility index (Phi) is 8.16. The highest BCUT2D eigenvalue weighted by atomic mass is 16.5. The van der Waals surface area contributed by atoms with Crippen LogP contribution in [0.1, 0.15) is 34.1 Å². The molecule has 2 amide bonds. The van der Waals surface area contributed by atoms with Crippen LogP contribution in [0.3, 0.4) is 0 Å². The molecule has 0 aliphatic rings. The maximum atomic E-state index is 12.2. The number of hydrogen-bond acceptors (Lipinski definition) is 3. The number of amides is 2. The van der Waals surface area contributed by atoms with Crippen molar-refractivity contribution in [2.24, 2.45) is 11.8 Å². The fourth-order valence-electron chi connectivity index (χ4n) is 2.11. The van der Waals surface area contributed by atoms with Crippen LogP contribution < -0.4 is 15.4 Å². The average Bonchev–Trinajstić information content (AvgIpc) is 2.49. The number of ether oxygens (including phenoxy) is 1. The van der Waals surface area contributed by atoms with E-state index in [-0.39, 0.29) is 23.7 Å². The van der Waals surface area contributed by atoms with Crippen molar-refractivity contribution < 1.29 is 14.3 Å². The van der Waals surface area contributed by atoms with Crippen LogP contribution >= 0.6 is 0 Å². The van der Waals surface area contributed by atoms with Crippen LogP contribution in [0.4, 0.5) is 0 Å². The van der Waals surface area contributed by atoms with E-state index >= 15 is 0 Å². The van der Waals surface area contributed by atoms with Crippen molar-refractivity contribution in [3.8, 4) is 5.75 Å². The normalized spacial score (nSPS) is 12.1. The minimum absolute atomic E-state index is 0.0288. The van der Waals surface area contributed by atoms with Gasteiger partial charge in [-0.1, -0.05) is 45.9 Å². The molecule has 128 valence electrons. The van der Waals surface area contributed by atoms with Gasteiger partial charge in [0, 0.05) is 6.42 Å². The van der Waals surface area contributed by atoms with E-state index in [1.54, 1.807) is 0 Å². The molecule has 0 fully saturated rings. The van der Waals surface area contributed by atoms with Gasteiger partial charge in [-0.05, 0) is 24.0 Å². The predicted molar refractivity (Wildman–Crippen MR) is 91.2 cm³/mol. The first-order valence-corrected chi connectivity index (χ1v) is 8.15. The molecule has 0 aromatic heterocycles. The number of carbonyl (C=O) groups is 2. The van der Waals surface area contributed by atoms with Crippen molar-refractivity contribution in [2.75, 3.05) is 13.2 Å². The molecular weight excluding hydrogens is 292 g/mol.